The summed E-state index contributed by atoms with van der Waals surface area (Å²) >= 11 is 1.50. The summed E-state index contributed by atoms with van der Waals surface area (Å²) in [7, 11) is 0. The first-order chi connectivity index (χ1) is 13.2. The van der Waals surface area contributed by atoms with E-state index in [1.165, 1.54) is 11.3 Å². The van der Waals surface area contributed by atoms with Crippen LogP contribution in [-0.2, 0) is 4.79 Å². The number of pyridine rings is 1. The second kappa shape index (κ2) is 7.59. The second-order valence-electron chi connectivity index (χ2n) is 6.31. The summed E-state index contributed by atoms with van der Waals surface area (Å²) in [6.45, 7) is 0.618. The molecule has 3 amide bonds. The van der Waals surface area contributed by atoms with Crippen LogP contribution in [0.15, 0.2) is 65.5 Å². The summed E-state index contributed by atoms with van der Waals surface area (Å²) in [6, 6.07) is 15.0. The predicted octanol–water partition coefficient (Wildman–Crippen LogP) is 4.31. The minimum absolute atomic E-state index is 0.0729. The van der Waals surface area contributed by atoms with Gasteiger partial charge in [0.2, 0.25) is 5.91 Å². The molecule has 1 unspecified atom stereocenters. The Kier molecular flexibility index (Phi) is 4.84. The molecule has 136 valence electrons. The van der Waals surface area contributed by atoms with Crippen molar-refractivity contribution in [2.75, 3.05) is 22.1 Å². The van der Waals surface area contributed by atoms with E-state index in [1.54, 1.807) is 23.2 Å². The molecular formula is C20H18N4O2S. The predicted molar refractivity (Wildman–Crippen MR) is 107 cm³/mol. The number of carbonyl (C=O) groups excluding carboxylic acids is 2. The van der Waals surface area contributed by atoms with Gasteiger partial charge in [0.05, 0.1) is 5.69 Å². The lowest BCUT2D eigenvalue weighted by Gasteiger charge is -2.17. The number of urea groups is 1. The third-order valence-electron chi connectivity index (χ3n) is 4.47. The van der Waals surface area contributed by atoms with Gasteiger partial charge in [-0.3, -0.25) is 10.1 Å². The maximum atomic E-state index is 12.5. The van der Waals surface area contributed by atoms with Gasteiger partial charge in [-0.25, -0.2) is 9.78 Å². The van der Waals surface area contributed by atoms with Crippen LogP contribution in [0.3, 0.4) is 0 Å². The van der Waals surface area contributed by atoms with Gasteiger partial charge in [0.25, 0.3) is 0 Å². The summed E-state index contributed by atoms with van der Waals surface area (Å²) < 4.78 is 0. The maximum absolute atomic E-state index is 12.5. The average molecular weight is 378 g/mol. The van der Waals surface area contributed by atoms with Crippen molar-refractivity contribution in [1.82, 2.24) is 4.98 Å². The zero-order valence-electron chi connectivity index (χ0n) is 14.5. The van der Waals surface area contributed by atoms with E-state index in [1.807, 2.05) is 35.0 Å². The van der Waals surface area contributed by atoms with Crippen molar-refractivity contribution in [3.8, 4) is 0 Å². The van der Waals surface area contributed by atoms with Gasteiger partial charge in [0.1, 0.15) is 5.82 Å². The van der Waals surface area contributed by atoms with Crippen molar-refractivity contribution in [2.24, 2.45) is 0 Å². The fourth-order valence-electron chi connectivity index (χ4n) is 3.18. The molecule has 4 rings (SSSR count). The van der Waals surface area contributed by atoms with Crippen molar-refractivity contribution in [2.45, 2.75) is 12.3 Å². The van der Waals surface area contributed by atoms with Crippen LogP contribution in [0.1, 0.15) is 17.9 Å². The van der Waals surface area contributed by atoms with E-state index in [2.05, 4.69) is 27.8 Å². The number of aromatic nitrogens is 1. The number of nitrogens with zero attached hydrogens (tertiary/aromatic N) is 2. The van der Waals surface area contributed by atoms with Crippen molar-refractivity contribution in [3.63, 3.8) is 0 Å². The summed E-state index contributed by atoms with van der Waals surface area (Å²) in [4.78, 5) is 30.5. The molecule has 1 aromatic carbocycles. The third kappa shape index (κ3) is 3.98. The Morgan fingerprint density at radius 1 is 1.15 bits per heavy atom. The highest BCUT2D eigenvalue weighted by Crippen LogP contribution is 2.32. The molecule has 1 fully saturated rings. The van der Waals surface area contributed by atoms with Crippen molar-refractivity contribution in [1.29, 1.82) is 0 Å². The molecule has 2 aromatic heterocycles. The molecule has 27 heavy (non-hydrogen) atoms. The van der Waals surface area contributed by atoms with Crippen LogP contribution in [0.25, 0.3) is 0 Å². The van der Waals surface area contributed by atoms with Gasteiger partial charge in [-0.2, -0.15) is 11.3 Å². The highest BCUT2D eigenvalue weighted by atomic mass is 32.1. The molecule has 1 saturated heterocycles. The van der Waals surface area contributed by atoms with Crippen LogP contribution in [0.4, 0.5) is 22.0 Å². The Hall–Kier alpha value is -3.19. The fourth-order valence-corrected chi connectivity index (χ4v) is 3.76. The van der Waals surface area contributed by atoms with Crippen LogP contribution >= 0.6 is 11.3 Å². The molecule has 0 aliphatic carbocycles. The quantitative estimate of drug-likeness (QED) is 0.710. The van der Waals surface area contributed by atoms with Gasteiger partial charge in [0, 0.05) is 42.2 Å². The lowest BCUT2D eigenvalue weighted by Crippen LogP contribution is -2.25. The molecule has 7 heteroatoms. The van der Waals surface area contributed by atoms with Gasteiger partial charge in [-0.05, 0) is 23.1 Å². The molecule has 0 radical (unpaired) electrons. The van der Waals surface area contributed by atoms with Crippen LogP contribution in [0, 0.1) is 0 Å². The van der Waals surface area contributed by atoms with Gasteiger partial charge in [0.15, 0.2) is 0 Å². The SMILES string of the molecule is O=C(Nc1ccsc1)Nc1cc(N2CC(c3ccccc3)CC2=O)ccn1. The lowest BCUT2D eigenvalue weighted by atomic mass is 9.99. The van der Waals surface area contributed by atoms with Crippen molar-refractivity contribution < 1.29 is 9.59 Å². The zero-order valence-corrected chi connectivity index (χ0v) is 15.3. The van der Waals surface area contributed by atoms with E-state index < -0.39 is 0 Å². The van der Waals surface area contributed by atoms with Gasteiger partial charge < -0.3 is 10.2 Å². The molecule has 0 saturated carbocycles. The van der Waals surface area contributed by atoms with Crippen LogP contribution < -0.4 is 15.5 Å². The molecule has 3 heterocycles. The topological polar surface area (TPSA) is 74.3 Å². The number of hydrogen-bond donors (Lipinski definition) is 2. The summed E-state index contributed by atoms with van der Waals surface area (Å²) in [5.74, 6) is 0.644. The number of amides is 3. The second-order valence-corrected chi connectivity index (χ2v) is 7.09. The largest absolute Gasteiger partial charge is 0.324 e. The van der Waals surface area contributed by atoms with Crippen molar-refractivity contribution in [3.05, 3.63) is 71.1 Å². The molecule has 1 atom stereocenters. The fraction of sp³-hybridized carbons (Fsp3) is 0.150. The molecule has 2 N–H and O–H groups in total. The molecule has 0 spiro atoms. The first-order valence-electron chi connectivity index (χ1n) is 8.60. The van der Waals surface area contributed by atoms with E-state index in [0.717, 1.165) is 16.9 Å². The maximum Gasteiger partial charge on any atom is 0.324 e. The number of rotatable bonds is 4. The van der Waals surface area contributed by atoms with Crippen LogP contribution in [-0.4, -0.2) is 23.5 Å². The van der Waals surface area contributed by atoms with Crippen LogP contribution in [0.5, 0.6) is 0 Å². The highest BCUT2D eigenvalue weighted by Gasteiger charge is 2.31. The summed E-state index contributed by atoms with van der Waals surface area (Å²) in [5.41, 5.74) is 2.63. The number of thiophene rings is 1. The molecule has 1 aliphatic heterocycles. The molecule has 3 aromatic rings. The minimum Gasteiger partial charge on any atom is -0.312 e. The molecule has 6 nitrogen and oxygen atoms in total. The lowest BCUT2D eigenvalue weighted by molar-refractivity contribution is -0.117. The van der Waals surface area contributed by atoms with E-state index in [-0.39, 0.29) is 17.9 Å². The zero-order chi connectivity index (χ0) is 18.6. The number of benzene rings is 1. The first-order valence-corrected chi connectivity index (χ1v) is 9.55. The van der Waals surface area contributed by atoms with Gasteiger partial charge in [-0.1, -0.05) is 30.3 Å². The Bertz CT molecular complexity index is 944. The Balaban J connectivity index is 1.46. The first kappa shape index (κ1) is 17.2. The number of anilines is 3. The average Bonchev–Trinajstić information content (AvgIpc) is 3.32. The standard InChI is InChI=1S/C20H18N4O2S/c25-19-10-15(14-4-2-1-3-5-14)12-24(19)17-6-8-21-18(11-17)23-20(26)22-16-7-9-27-13-16/h1-9,11,13,15H,10,12H2,(H2,21,22,23,26). The van der Waals surface area contributed by atoms with E-state index in [0.29, 0.717) is 18.8 Å². The number of hydrogen-bond acceptors (Lipinski definition) is 4. The summed E-state index contributed by atoms with van der Waals surface area (Å²) in [6.07, 6.45) is 2.08. The highest BCUT2D eigenvalue weighted by molar-refractivity contribution is 7.08. The van der Waals surface area contributed by atoms with E-state index >= 15 is 0 Å². The number of carbonyl (C=O) groups is 2. The minimum atomic E-state index is -0.368. The monoisotopic (exact) mass is 378 g/mol. The normalized spacial score (nSPS) is 16.4. The molecule has 1 aliphatic rings. The molecule has 0 bridgehead atoms. The van der Waals surface area contributed by atoms with Gasteiger partial charge >= 0.3 is 6.03 Å². The number of nitrogens with one attached hydrogen (secondary N) is 2. The summed E-state index contributed by atoms with van der Waals surface area (Å²) in [5, 5.41) is 9.17. The molecular weight excluding hydrogens is 360 g/mol. The van der Waals surface area contributed by atoms with E-state index in [4.69, 9.17) is 0 Å². The smallest absolute Gasteiger partial charge is 0.312 e. The van der Waals surface area contributed by atoms with Crippen LogP contribution in [0.2, 0.25) is 0 Å². The Labute approximate surface area is 160 Å². The van der Waals surface area contributed by atoms with E-state index in [9.17, 15) is 9.59 Å². The van der Waals surface area contributed by atoms with Gasteiger partial charge in [-0.15, -0.1) is 0 Å². The third-order valence-corrected chi connectivity index (χ3v) is 5.16. The van der Waals surface area contributed by atoms with Crippen molar-refractivity contribution >= 4 is 40.5 Å². The Morgan fingerprint density at radius 3 is 2.78 bits per heavy atom. The Morgan fingerprint density at radius 2 is 2.00 bits per heavy atom.